The standard InChI is InChI=1S/C14H15NO4S/c1-3-11-8-9-12(19-11)14(16)15-20(17,18)13-7-5-4-6-10(13)2/h4-9H,3H2,1-2H3,(H,15,16). The lowest BCUT2D eigenvalue weighted by atomic mass is 10.2. The molecular formula is C14H15NO4S. The molecule has 0 fully saturated rings. The van der Waals surface area contributed by atoms with E-state index in [0.717, 1.165) is 0 Å². The summed E-state index contributed by atoms with van der Waals surface area (Å²) in [4.78, 5) is 12.0. The van der Waals surface area contributed by atoms with Crippen LogP contribution in [0, 0.1) is 6.92 Å². The topological polar surface area (TPSA) is 76.4 Å². The molecular weight excluding hydrogens is 278 g/mol. The van der Waals surface area contributed by atoms with E-state index >= 15 is 0 Å². The first-order valence-electron chi connectivity index (χ1n) is 6.15. The average Bonchev–Trinajstić information content (AvgIpc) is 2.87. The summed E-state index contributed by atoms with van der Waals surface area (Å²) < 4.78 is 31.5. The van der Waals surface area contributed by atoms with Crippen LogP contribution in [0.1, 0.15) is 28.8 Å². The number of furan rings is 1. The first kappa shape index (κ1) is 14.3. The monoisotopic (exact) mass is 293 g/mol. The van der Waals surface area contributed by atoms with Crippen molar-refractivity contribution in [1.29, 1.82) is 0 Å². The highest BCUT2D eigenvalue weighted by molar-refractivity contribution is 7.90. The Bertz CT molecular complexity index is 731. The fourth-order valence-electron chi connectivity index (χ4n) is 1.78. The minimum Gasteiger partial charge on any atom is -0.456 e. The second-order valence-electron chi connectivity index (χ2n) is 4.32. The largest absolute Gasteiger partial charge is 0.456 e. The maximum Gasteiger partial charge on any atom is 0.300 e. The van der Waals surface area contributed by atoms with Crippen LogP contribution in [0.5, 0.6) is 0 Å². The third kappa shape index (κ3) is 2.91. The van der Waals surface area contributed by atoms with E-state index in [4.69, 9.17) is 4.42 Å². The normalized spacial score (nSPS) is 11.3. The van der Waals surface area contributed by atoms with Gasteiger partial charge in [0, 0.05) is 6.42 Å². The van der Waals surface area contributed by atoms with Gasteiger partial charge in [0.15, 0.2) is 5.76 Å². The van der Waals surface area contributed by atoms with Crippen LogP contribution in [-0.4, -0.2) is 14.3 Å². The van der Waals surface area contributed by atoms with Gasteiger partial charge in [-0.05, 0) is 30.7 Å². The molecule has 106 valence electrons. The SMILES string of the molecule is CCc1ccc(C(=O)NS(=O)(=O)c2ccccc2C)o1. The molecule has 6 heteroatoms. The number of rotatable bonds is 4. The zero-order chi connectivity index (χ0) is 14.8. The highest BCUT2D eigenvalue weighted by atomic mass is 32.2. The first-order chi connectivity index (χ1) is 9.44. The molecule has 1 aromatic carbocycles. The van der Waals surface area contributed by atoms with E-state index in [-0.39, 0.29) is 10.7 Å². The summed E-state index contributed by atoms with van der Waals surface area (Å²) in [6.07, 6.45) is 0.637. The summed E-state index contributed by atoms with van der Waals surface area (Å²) in [5.41, 5.74) is 0.571. The number of amides is 1. The predicted molar refractivity (Wildman–Crippen MR) is 73.9 cm³/mol. The zero-order valence-corrected chi connectivity index (χ0v) is 12.0. The van der Waals surface area contributed by atoms with Gasteiger partial charge in [0.25, 0.3) is 10.0 Å². The van der Waals surface area contributed by atoms with Crippen LogP contribution >= 0.6 is 0 Å². The van der Waals surface area contributed by atoms with Crippen LogP contribution in [-0.2, 0) is 16.4 Å². The molecule has 0 atom stereocenters. The van der Waals surface area contributed by atoms with Crippen LogP contribution in [0.25, 0.3) is 0 Å². The first-order valence-corrected chi connectivity index (χ1v) is 7.64. The van der Waals surface area contributed by atoms with Crippen molar-refractivity contribution < 1.29 is 17.6 Å². The van der Waals surface area contributed by atoms with Crippen molar-refractivity contribution in [3.8, 4) is 0 Å². The lowest BCUT2D eigenvalue weighted by Crippen LogP contribution is -2.30. The van der Waals surface area contributed by atoms with Gasteiger partial charge in [-0.15, -0.1) is 0 Å². The lowest BCUT2D eigenvalue weighted by molar-refractivity contribution is 0.0953. The molecule has 0 aliphatic carbocycles. The molecule has 0 radical (unpaired) electrons. The van der Waals surface area contributed by atoms with Crippen LogP contribution in [0.3, 0.4) is 0 Å². The fourth-order valence-corrected chi connectivity index (χ4v) is 2.98. The van der Waals surface area contributed by atoms with Gasteiger partial charge >= 0.3 is 5.91 Å². The molecule has 0 unspecified atom stereocenters. The van der Waals surface area contributed by atoms with E-state index in [2.05, 4.69) is 0 Å². The number of benzene rings is 1. The van der Waals surface area contributed by atoms with Crippen molar-refractivity contribution in [2.45, 2.75) is 25.2 Å². The van der Waals surface area contributed by atoms with Crippen molar-refractivity contribution in [2.75, 3.05) is 0 Å². The van der Waals surface area contributed by atoms with E-state index in [1.165, 1.54) is 12.1 Å². The number of sulfonamides is 1. The van der Waals surface area contributed by atoms with Crippen LogP contribution in [0.4, 0.5) is 0 Å². The van der Waals surface area contributed by atoms with Gasteiger partial charge in [-0.2, -0.15) is 0 Å². The maximum absolute atomic E-state index is 12.1. The summed E-state index contributed by atoms with van der Waals surface area (Å²) in [5, 5.41) is 0. The second kappa shape index (κ2) is 5.50. The number of aryl methyl sites for hydroxylation is 2. The molecule has 0 aliphatic heterocycles. The summed E-state index contributed by atoms with van der Waals surface area (Å²) >= 11 is 0. The zero-order valence-electron chi connectivity index (χ0n) is 11.2. The number of hydrogen-bond donors (Lipinski definition) is 1. The molecule has 2 rings (SSSR count). The summed E-state index contributed by atoms with van der Waals surface area (Å²) in [6.45, 7) is 3.55. The van der Waals surface area contributed by atoms with E-state index in [0.29, 0.717) is 17.7 Å². The molecule has 0 spiro atoms. The average molecular weight is 293 g/mol. The molecule has 20 heavy (non-hydrogen) atoms. The molecule has 0 saturated heterocycles. The van der Waals surface area contributed by atoms with E-state index in [9.17, 15) is 13.2 Å². The molecule has 1 heterocycles. The highest BCUT2D eigenvalue weighted by Gasteiger charge is 2.22. The van der Waals surface area contributed by atoms with Crippen molar-refractivity contribution in [2.24, 2.45) is 0 Å². The van der Waals surface area contributed by atoms with E-state index in [1.807, 2.05) is 11.6 Å². The van der Waals surface area contributed by atoms with Crippen molar-refractivity contribution in [3.63, 3.8) is 0 Å². The van der Waals surface area contributed by atoms with Crippen LogP contribution < -0.4 is 4.72 Å². The van der Waals surface area contributed by atoms with Crippen LogP contribution in [0.15, 0.2) is 45.7 Å². The third-order valence-electron chi connectivity index (χ3n) is 2.84. The Hall–Kier alpha value is -2.08. The lowest BCUT2D eigenvalue weighted by Gasteiger charge is -2.07. The molecule has 0 saturated carbocycles. The minimum atomic E-state index is -3.90. The Balaban J connectivity index is 2.25. The highest BCUT2D eigenvalue weighted by Crippen LogP contribution is 2.15. The van der Waals surface area contributed by atoms with Gasteiger partial charge < -0.3 is 4.42 Å². The minimum absolute atomic E-state index is 0.0148. The quantitative estimate of drug-likeness (QED) is 0.938. The summed E-state index contributed by atoms with van der Waals surface area (Å²) in [6, 6.07) is 9.56. The van der Waals surface area contributed by atoms with Gasteiger partial charge in [0.2, 0.25) is 0 Å². The number of hydrogen-bond acceptors (Lipinski definition) is 4. The molecule has 0 bridgehead atoms. The molecule has 2 aromatic rings. The van der Waals surface area contributed by atoms with Crippen LogP contribution in [0.2, 0.25) is 0 Å². The number of carbonyl (C=O) groups is 1. The Labute approximate surface area is 117 Å². The van der Waals surface area contributed by atoms with Crippen molar-refractivity contribution >= 4 is 15.9 Å². The van der Waals surface area contributed by atoms with E-state index in [1.54, 1.807) is 31.2 Å². The van der Waals surface area contributed by atoms with Crippen molar-refractivity contribution in [1.82, 2.24) is 4.72 Å². The van der Waals surface area contributed by atoms with Gasteiger partial charge in [0.05, 0.1) is 4.90 Å². The maximum atomic E-state index is 12.1. The molecule has 1 amide bonds. The Morgan fingerprint density at radius 2 is 1.90 bits per heavy atom. The molecule has 1 aromatic heterocycles. The third-order valence-corrected chi connectivity index (χ3v) is 4.34. The van der Waals surface area contributed by atoms with Crippen molar-refractivity contribution in [3.05, 3.63) is 53.5 Å². The Morgan fingerprint density at radius 1 is 1.20 bits per heavy atom. The second-order valence-corrected chi connectivity index (χ2v) is 5.97. The van der Waals surface area contributed by atoms with E-state index < -0.39 is 15.9 Å². The number of carbonyl (C=O) groups excluding carboxylic acids is 1. The van der Waals surface area contributed by atoms with Gasteiger partial charge in [-0.1, -0.05) is 25.1 Å². The Kier molecular flexibility index (Phi) is 3.94. The Morgan fingerprint density at radius 3 is 2.50 bits per heavy atom. The van der Waals surface area contributed by atoms with Gasteiger partial charge in [0.1, 0.15) is 5.76 Å². The smallest absolute Gasteiger partial charge is 0.300 e. The number of nitrogens with one attached hydrogen (secondary N) is 1. The molecule has 1 N–H and O–H groups in total. The summed E-state index contributed by atoms with van der Waals surface area (Å²) in [7, 11) is -3.90. The predicted octanol–water partition coefficient (Wildman–Crippen LogP) is 2.27. The summed E-state index contributed by atoms with van der Waals surface area (Å²) in [5.74, 6) is -0.157. The molecule has 0 aliphatic rings. The van der Waals surface area contributed by atoms with Gasteiger partial charge in [-0.3, -0.25) is 4.79 Å². The molecule has 5 nitrogen and oxygen atoms in total. The van der Waals surface area contributed by atoms with Gasteiger partial charge in [-0.25, -0.2) is 13.1 Å². The fraction of sp³-hybridized carbons (Fsp3) is 0.214.